The number of fused-ring (bicyclic) bond motifs is 3. The molecule has 1 aromatic heterocycles. The summed E-state index contributed by atoms with van der Waals surface area (Å²) in [7, 11) is 1.87. The van der Waals surface area contributed by atoms with E-state index in [-0.39, 0.29) is 18.3 Å². The zero-order chi connectivity index (χ0) is 19.7. The number of nitrogens with zero attached hydrogens (tertiary/aromatic N) is 3. The summed E-state index contributed by atoms with van der Waals surface area (Å²) in [5.41, 5.74) is 7.33. The fraction of sp³-hybridized carbons (Fsp3) is 0.348. The molecule has 0 saturated heterocycles. The molecular weight excluding hydrogens is 334 g/mol. The van der Waals surface area contributed by atoms with Gasteiger partial charge in [-0.25, -0.2) is 0 Å². The highest BCUT2D eigenvalue weighted by molar-refractivity contribution is 5.79. The molecule has 2 aromatic carbocycles. The van der Waals surface area contributed by atoms with Gasteiger partial charge in [-0.15, -0.1) is 5.10 Å². The normalized spacial score (nSPS) is 16.5. The van der Waals surface area contributed by atoms with Crippen molar-refractivity contribution in [2.75, 3.05) is 0 Å². The first-order chi connectivity index (χ1) is 13.5. The molecule has 0 fully saturated rings. The van der Waals surface area contributed by atoms with Crippen molar-refractivity contribution in [1.29, 1.82) is 0 Å². The van der Waals surface area contributed by atoms with Crippen molar-refractivity contribution in [3.8, 4) is 11.1 Å². The highest BCUT2D eigenvalue weighted by atomic mass is 16.1. The van der Waals surface area contributed by atoms with Gasteiger partial charge in [0.15, 0.2) is 0 Å². The molecule has 4 rings (SSSR count). The Morgan fingerprint density at radius 3 is 2.81 bits per heavy atom. The van der Waals surface area contributed by atoms with Gasteiger partial charge in [0, 0.05) is 25.6 Å². The van der Waals surface area contributed by atoms with Crippen LogP contribution < -0.4 is 0 Å². The average Bonchev–Trinajstić information content (AvgIpc) is 3.21. The smallest absolute Gasteiger partial charge is 0.120 e. The van der Waals surface area contributed by atoms with Crippen molar-refractivity contribution < 1.29 is 6.17 Å². The lowest BCUT2D eigenvalue weighted by Gasteiger charge is -2.24. The Balaban J connectivity index is 1.63. The summed E-state index contributed by atoms with van der Waals surface area (Å²) in [6, 6.07) is 15.1. The molecule has 0 amide bonds. The number of hydrogen-bond acceptors (Lipinski definition) is 3. The summed E-state index contributed by atoms with van der Waals surface area (Å²) in [6.07, 6.45) is 4.39. The van der Waals surface area contributed by atoms with Gasteiger partial charge in [-0.1, -0.05) is 53.2 Å². The Kier molecular flexibility index (Phi) is 4.55. The number of benzene rings is 2. The van der Waals surface area contributed by atoms with Crippen molar-refractivity contribution in [1.82, 2.24) is 15.0 Å². The van der Waals surface area contributed by atoms with E-state index in [1.807, 2.05) is 13.2 Å². The molecule has 0 N–H and O–H groups in total. The molecule has 3 aromatic rings. The van der Waals surface area contributed by atoms with E-state index in [1.54, 1.807) is 4.68 Å². The molecule has 27 heavy (non-hydrogen) atoms. The molecule has 2 unspecified atom stereocenters. The summed E-state index contributed by atoms with van der Waals surface area (Å²) in [5.74, 6) is 0.287. The van der Waals surface area contributed by atoms with Crippen LogP contribution in [0, 0.1) is 12.8 Å². The van der Waals surface area contributed by atoms with Gasteiger partial charge in [0.1, 0.15) is 7.63 Å². The predicted molar refractivity (Wildman–Crippen MR) is 107 cm³/mol. The second-order valence-corrected chi connectivity index (χ2v) is 7.54. The molecule has 2 atom stereocenters. The lowest BCUT2D eigenvalue weighted by Crippen LogP contribution is -2.14. The molecule has 138 valence electrons. The third-order valence-corrected chi connectivity index (χ3v) is 5.60. The summed E-state index contributed by atoms with van der Waals surface area (Å²) >= 11 is 0. The van der Waals surface area contributed by atoms with Crippen molar-refractivity contribution in [2.45, 2.75) is 38.5 Å². The van der Waals surface area contributed by atoms with Crippen LogP contribution >= 0.6 is 0 Å². The Morgan fingerprint density at radius 1 is 1.22 bits per heavy atom. The molecule has 0 saturated carbocycles. The maximum absolute atomic E-state index is 11.8. The van der Waals surface area contributed by atoms with E-state index in [0.29, 0.717) is 0 Å². The Bertz CT molecular complexity index is 1010. The van der Waals surface area contributed by atoms with Gasteiger partial charge in [-0.2, -0.15) is 0 Å². The molecule has 4 nitrogen and oxygen atoms in total. The third-order valence-electron chi connectivity index (χ3n) is 5.60. The van der Waals surface area contributed by atoms with Crippen molar-refractivity contribution in [2.24, 2.45) is 13.0 Å². The molecular formula is C23H25N3O. The molecule has 1 aliphatic rings. The molecule has 4 heteroatoms. The van der Waals surface area contributed by atoms with Crippen molar-refractivity contribution >= 4 is 6.26 Å². The Labute approximate surface area is 161 Å². The average molecular weight is 360 g/mol. The zero-order valence-corrected chi connectivity index (χ0v) is 15.9. The van der Waals surface area contributed by atoms with E-state index >= 15 is 0 Å². The molecule has 1 aliphatic carbocycles. The van der Waals surface area contributed by atoms with Gasteiger partial charge in [-0.05, 0) is 54.4 Å². The van der Waals surface area contributed by atoms with Crippen LogP contribution in [0.3, 0.4) is 0 Å². The molecule has 0 radical (unpaired) electrons. The van der Waals surface area contributed by atoms with Crippen LogP contribution in [-0.4, -0.2) is 21.3 Å². The predicted octanol–water partition coefficient (Wildman–Crippen LogP) is 4.46. The van der Waals surface area contributed by atoms with E-state index in [0.717, 1.165) is 25.0 Å². The first-order valence-electron chi connectivity index (χ1n) is 10.1. The lowest BCUT2D eigenvalue weighted by molar-refractivity contribution is -0.108. The first kappa shape index (κ1) is 16.4. The van der Waals surface area contributed by atoms with Crippen LogP contribution in [0.25, 0.3) is 11.1 Å². The van der Waals surface area contributed by atoms with Gasteiger partial charge in [0.2, 0.25) is 0 Å². The number of aryl methyl sites for hydroxylation is 3. The number of aromatic nitrogens is 3. The van der Waals surface area contributed by atoms with E-state index in [1.165, 1.54) is 27.8 Å². The van der Waals surface area contributed by atoms with E-state index in [4.69, 9.17) is 1.37 Å². The van der Waals surface area contributed by atoms with Crippen LogP contribution in [0.2, 0.25) is 0 Å². The minimum Gasteiger partial charge on any atom is -0.303 e. The molecule has 0 bridgehead atoms. The van der Waals surface area contributed by atoms with Crippen molar-refractivity contribution in [3.05, 3.63) is 71.0 Å². The fourth-order valence-corrected chi connectivity index (χ4v) is 4.41. The molecule has 0 aliphatic heterocycles. The quantitative estimate of drug-likeness (QED) is 0.584. The lowest BCUT2D eigenvalue weighted by atomic mass is 9.79. The number of rotatable bonds is 7. The van der Waals surface area contributed by atoms with E-state index < -0.39 is 6.26 Å². The Hall–Kier alpha value is -2.75. The number of aldehydes is 1. The van der Waals surface area contributed by atoms with E-state index in [9.17, 15) is 4.79 Å². The highest BCUT2D eigenvalue weighted by Gasteiger charge is 2.33. The molecule has 0 spiro atoms. The monoisotopic (exact) mass is 360 g/mol. The van der Waals surface area contributed by atoms with Gasteiger partial charge < -0.3 is 4.79 Å². The maximum atomic E-state index is 11.8. The zero-order valence-electron chi connectivity index (χ0n) is 16.9. The van der Waals surface area contributed by atoms with Crippen LogP contribution in [0.4, 0.5) is 0 Å². The fourth-order valence-electron chi connectivity index (χ4n) is 4.41. The van der Waals surface area contributed by atoms with Gasteiger partial charge in [0.05, 0.1) is 5.69 Å². The number of carbonyl (C=O) groups excluding carboxylic acids is 1. The van der Waals surface area contributed by atoms with Crippen LogP contribution in [0.1, 0.15) is 48.9 Å². The SMILES string of the molecule is [2H]C(=O)CC(CCCc1cn(C)nn1)C1c2ccccc2-c2cc(C)ccc21. The molecule has 1 heterocycles. The second-order valence-electron chi connectivity index (χ2n) is 7.54. The number of carbonyl (C=O) groups is 1. The maximum Gasteiger partial charge on any atom is 0.120 e. The standard InChI is InChI=1S/C23H25N3O/c1-16-10-11-21-22(14-16)19-8-3-4-9-20(19)23(21)17(12-13-27)6-5-7-18-15-26(2)25-24-18/h3-4,8-11,13-15,17,23H,5-7,12H2,1-2H3/i13D. The van der Waals surface area contributed by atoms with Gasteiger partial charge >= 0.3 is 0 Å². The van der Waals surface area contributed by atoms with Crippen molar-refractivity contribution in [3.63, 3.8) is 0 Å². The Morgan fingerprint density at radius 2 is 2.04 bits per heavy atom. The van der Waals surface area contributed by atoms with Crippen LogP contribution in [0.15, 0.2) is 48.7 Å². The number of hydrogen-bond donors (Lipinski definition) is 0. The second kappa shape index (κ2) is 7.47. The van der Waals surface area contributed by atoms with Crippen LogP contribution in [0.5, 0.6) is 0 Å². The summed E-state index contributed by atoms with van der Waals surface area (Å²) in [4.78, 5) is 11.8. The first-order valence-corrected chi connectivity index (χ1v) is 9.57. The van der Waals surface area contributed by atoms with Gasteiger partial charge in [0.25, 0.3) is 0 Å². The summed E-state index contributed by atoms with van der Waals surface area (Å²) < 4.78 is 9.33. The summed E-state index contributed by atoms with van der Waals surface area (Å²) in [5, 5.41) is 8.15. The largest absolute Gasteiger partial charge is 0.303 e. The topological polar surface area (TPSA) is 47.8 Å². The highest BCUT2D eigenvalue weighted by Crippen LogP contribution is 2.50. The summed E-state index contributed by atoms with van der Waals surface area (Å²) in [6.45, 7) is 2.11. The minimum atomic E-state index is -0.484. The van der Waals surface area contributed by atoms with Gasteiger partial charge in [-0.3, -0.25) is 4.68 Å². The minimum absolute atomic E-state index is 0.117. The van der Waals surface area contributed by atoms with Crippen LogP contribution in [-0.2, 0) is 18.3 Å². The van der Waals surface area contributed by atoms with E-state index in [2.05, 4.69) is 59.7 Å². The third kappa shape index (κ3) is 3.44.